The largest absolute Gasteiger partial charge is 0.370 e. The molecule has 0 bridgehead atoms. The Morgan fingerprint density at radius 3 is 2.35 bits per heavy atom. The lowest BCUT2D eigenvalue weighted by atomic mass is 9.87. The lowest BCUT2D eigenvalue weighted by Crippen LogP contribution is -2.31. The smallest absolute Gasteiger partial charge is 0.188 e. The summed E-state index contributed by atoms with van der Waals surface area (Å²) in [6.45, 7) is 12.7. The van der Waals surface area contributed by atoms with Gasteiger partial charge in [0.1, 0.15) is 0 Å². The maximum absolute atomic E-state index is 5.99. The lowest BCUT2D eigenvalue weighted by molar-refractivity contribution is 0.462. The third-order valence-electron chi connectivity index (χ3n) is 4.36. The maximum Gasteiger partial charge on any atom is 0.188 e. The van der Waals surface area contributed by atoms with Crippen LogP contribution >= 0.6 is 0 Å². The van der Waals surface area contributed by atoms with Crippen molar-refractivity contribution < 1.29 is 0 Å². The number of hydrogen-bond donors (Lipinski definition) is 2. The summed E-state index contributed by atoms with van der Waals surface area (Å²) in [5.41, 5.74) is 8.77. The Labute approximate surface area is 142 Å². The average Bonchev–Trinajstić information content (AvgIpc) is 2.52. The molecule has 0 aromatic heterocycles. The van der Waals surface area contributed by atoms with Gasteiger partial charge >= 0.3 is 0 Å². The van der Waals surface area contributed by atoms with Crippen LogP contribution < -0.4 is 11.1 Å². The second-order valence-corrected chi connectivity index (χ2v) is 7.44. The van der Waals surface area contributed by atoms with Gasteiger partial charge in [-0.1, -0.05) is 78.1 Å². The molecule has 130 valence electrons. The second kappa shape index (κ2) is 9.59. The molecule has 3 N–H and O–H groups in total. The number of nitrogens with two attached hydrogens (primary N) is 1. The molecule has 0 heterocycles. The van der Waals surface area contributed by atoms with E-state index in [2.05, 4.69) is 69.2 Å². The van der Waals surface area contributed by atoms with Crippen molar-refractivity contribution in [3.63, 3.8) is 0 Å². The van der Waals surface area contributed by atoms with E-state index in [0.29, 0.717) is 11.9 Å². The minimum Gasteiger partial charge on any atom is -0.370 e. The Balaban J connectivity index is 2.45. The van der Waals surface area contributed by atoms with Crippen LogP contribution in [-0.2, 0) is 12.0 Å². The molecule has 1 aromatic carbocycles. The molecule has 0 saturated heterocycles. The monoisotopic (exact) mass is 317 g/mol. The molecule has 1 unspecified atom stereocenters. The van der Waals surface area contributed by atoms with Crippen molar-refractivity contribution >= 4 is 5.96 Å². The zero-order chi connectivity index (χ0) is 17.3. The highest BCUT2D eigenvalue weighted by Gasteiger charge is 2.12. The summed E-state index contributed by atoms with van der Waals surface area (Å²) in [4.78, 5) is 4.50. The van der Waals surface area contributed by atoms with E-state index in [1.807, 2.05) is 0 Å². The van der Waals surface area contributed by atoms with Gasteiger partial charge in [0.05, 0.1) is 0 Å². The summed E-state index contributed by atoms with van der Waals surface area (Å²) >= 11 is 0. The highest BCUT2D eigenvalue weighted by molar-refractivity contribution is 5.77. The quantitative estimate of drug-likeness (QED) is 0.543. The first kappa shape index (κ1) is 19.5. The van der Waals surface area contributed by atoms with E-state index in [0.717, 1.165) is 13.1 Å². The number of nitrogens with zero attached hydrogens (tertiary/aromatic N) is 1. The van der Waals surface area contributed by atoms with E-state index in [4.69, 9.17) is 5.73 Å². The van der Waals surface area contributed by atoms with E-state index in [-0.39, 0.29) is 5.41 Å². The van der Waals surface area contributed by atoms with Crippen LogP contribution in [0.5, 0.6) is 0 Å². The van der Waals surface area contributed by atoms with E-state index in [9.17, 15) is 0 Å². The summed E-state index contributed by atoms with van der Waals surface area (Å²) in [7, 11) is 0. The molecule has 0 amide bonds. The fraction of sp³-hybridized carbons (Fsp3) is 0.650. The highest BCUT2D eigenvalue weighted by Crippen LogP contribution is 2.22. The minimum atomic E-state index is 0.195. The summed E-state index contributed by atoms with van der Waals surface area (Å²) < 4.78 is 0. The second-order valence-electron chi connectivity index (χ2n) is 7.44. The molecule has 3 heteroatoms. The van der Waals surface area contributed by atoms with Crippen LogP contribution in [0.3, 0.4) is 0 Å². The summed E-state index contributed by atoms with van der Waals surface area (Å²) in [6.07, 6.45) is 4.95. The normalized spacial score (nSPS) is 13.9. The van der Waals surface area contributed by atoms with Crippen LogP contribution in [0.25, 0.3) is 0 Å². The van der Waals surface area contributed by atoms with Crippen molar-refractivity contribution in [3.05, 3.63) is 35.4 Å². The Kier molecular flexibility index (Phi) is 8.15. The lowest BCUT2D eigenvalue weighted by Gasteiger charge is -2.19. The summed E-state index contributed by atoms with van der Waals surface area (Å²) in [5.74, 6) is 1.21. The van der Waals surface area contributed by atoms with Gasteiger partial charge in [0.2, 0.25) is 0 Å². The first-order valence-corrected chi connectivity index (χ1v) is 9.00. The molecular formula is C20H35N3. The van der Waals surface area contributed by atoms with Gasteiger partial charge in [0.15, 0.2) is 5.96 Å². The Morgan fingerprint density at radius 2 is 1.83 bits per heavy atom. The van der Waals surface area contributed by atoms with Crippen molar-refractivity contribution in [1.82, 2.24) is 5.32 Å². The summed E-state index contributed by atoms with van der Waals surface area (Å²) in [5, 5.41) is 3.22. The number of aliphatic imine (C=N–C) groups is 1. The van der Waals surface area contributed by atoms with Crippen molar-refractivity contribution in [2.24, 2.45) is 16.6 Å². The van der Waals surface area contributed by atoms with Gasteiger partial charge < -0.3 is 11.1 Å². The third-order valence-corrected chi connectivity index (χ3v) is 4.36. The molecule has 0 aliphatic rings. The molecule has 0 spiro atoms. The van der Waals surface area contributed by atoms with Crippen molar-refractivity contribution in [1.29, 1.82) is 0 Å². The predicted molar refractivity (Wildman–Crippen MR) is 102 cm³/mol. The predicted octanol–water partition coefficient (Wildman–Crippen LogP) is 4.60. The molecule has 0 saturated carbocycles. The van der Waals surface area contributed by atoms with E-state index < -0.39 is 0 Å². The van der Waals surface area contributed by atoms with Crippen LogP contribution in [0.4, 0.5) is 0 Å². The molecular weight excluding hydrogens is 282 g/mol. The molecule has 0 aliphatic carbocycles. The van der Waals surface area contributed by atoms with Crippen LogP contribution in [0.2, 0.25) is 0 Å². The molecule has 1 atom stereocenters. The minimum absolute atomic E-state index is 0.195. The van der Waals surface area contributed by atoms with Gasteiger partial charge in [-0.3, -0.25) is 4.99 Å². The molecule has 0 aliphatic heterocycles. The van der Waals surface area contributed by atoms with Crippen molar-refractivity contribution in [3.8, 4) is 0 Å². The molecule has 3 nitrogen and oxygen atoms in total. The molecule has 0 fully saturated rings. The first-order chi connectivity index (χ1) is 10.9. The molecule has 0 radical (unpaired) electrons. The Bertz CT molecular complexity index is 469. The topological polar surface area (TPSA) is 50.4 Å². The third kappa shape index (κ3) is 7.54. The van der Waals surface area contributed by atoms with Crippen LogP contribution in [0.15, 0.2) is 29.3 Å². The fourth-order valence-electron chi connectivity index (χ4n) is 2.52. The number of unbranched alkanes of at least 4 members (excludes halogenated alkanes) is 1. The van der Waals surface area contributed by atoms with Crippen LogP contribution in [0.1, 0.15) is 71.4 Å². The number of guanidine groups is 1. The van der Waals surface area contributed by atoms with Gasteiger partial charge in [0.25, 0.3) is 0 Å². The molecule has 1 rings (SSSR count). The van der Waals surface area contributed by atoms with E-state index in [1.54, 1.807) is 0 Å². The fourth-order valence-corrected chi connectivity index (χ4v) is 2.52. The standard InChI is InChI=1S/C20H35N3/c1-6-8-9-16(7-2)14-22-19(21)23-15-17-10-12-18(13-11-17)20(3,4)5/h10-13,16H,6-9,14-15H2,1-5H3,(H3,21,22,23). The summed E-state index contributed by atoms with van der Waals surface area (Å²) in [6, 6.07) is 8.72. The van der Waals surface area contributed by atoms with E-state index in [1.165, 1.54) is 36.8 Å². The van der Waals surface area contributed by atoms with Gasteiger partial charge in [-0.2, -0.15) is 0 Å². The first-order valence-electron chi connectivity index (χ1n) is 9.00. The molecule has 23 heavy (non-hydrogen) atoms. The maximum atomic E-state index is 5.99. The van der Waals surface area contributed by atoms with Gasteiger partial charge in [-0.25, -0.2) is 0 Å². The van der Waals surface area contributed by atoms with Gasteiger partial charge in [0, 0.05) is 13.1 Å². The number of hydrogen-bond acceptors (Lipinski definition) is 1. The number of rotatable bonds is 8. The zero-order valence-corrected chi connectivity index (χ0v) is 15.7. The van der Waals surface area contributed by atoms with Crippen LogP contribution in [-0.4, -0.2) is 12.5 Å². The average molecular weight is 318 g/mol. The van der Waals surface area contributed by atoms with Crippen LogP contribution in [0, 0.1) is 5.92 Å². The van der Waals surface area contributed by atoms with Gasteiger partial charge in [-0.05, 0) is 28.9 Å². The van der Waals surface area contributed by atoms with Gasteiger partial charge in [-0.15, -0.1) is 0 Å². The van der Waals surface area contributed by atoms with E-state index >= 15 is 0 Å². The number of benzene rings is 1. The zero-order valence-electron chi connectivity index (χ0n) is 15.7. The number of nitrogens with one attached hydrogen (secondary N) is 1. The Morgan fingerprint density at radius 1 is 1.17 bits per heavy atom. The molecule has 1 aromatic rings. The Hall–Kier alpha value is -1.51. The van der Waals surface area contributed by atoms with Crippen molar-refractivity contribution in [2.45, 2.75) is 72.3 Å². The SMILES string of the molecule is CCCCC(CC)CN=C(N)NCc1ccc(C(C)(C)C)cc1. The highest BCUT2D eigenvalue weighted by atomic mass is 15.1. The van der Waals surface area contributed by atoms with Crippen molar-refractivity contribution in [2.75, 3.05) is 6.54 Å².